The fourth-order valence-corrected chi connectivity index (χ4v) is 3.08. The Balaban J connectivity index is 3.19. The largest absolute Gasteiger partial charge is 0.352 e. The Kier molecular flexibility index (Phi) is 4.03. The molecule has 0 radical (unpaired) electrons. The Hall–Kier alpha value is -0.950. The van der Waals surface area contributed by atoms with Crippen molar-refractivity contribution in [1.82, 2.24) is 10.3 Å². The molecule has 1 N–H and O–H groups in total. The van der Waals surface area contributed by atoms with Gasteiger partial charge in [0.25, 0.3) is 5.91 Å². The van der Waals surface area contributed by atoms with Crippen molar-refractivity contribution in [3.05, 3.63) is 10.6 Å². The van der Waals surface area contributed by atoms with Gasteiger partial charge in [-0.25, -0.2) is 13.4 Å². The Morgan fingerprint density at radius 1 is 1.44 bits per heavy atom. The van der Waals surface area contributed by atoms with Crippen LogP contribution in [0, 0.1) is 0 Å². The monoisotopic (exact) mass is 262 g/mol. The van der Waals surface area contributed by atoms with Gasteiger partial charge in [-0.05, 0) is 13.3 Å². The maximum Gasteiger partial charge on any atom is 0.263 e. The SMILES string of the molecule is CCNC(=O)c1sc(S(C)(=O)=O)nc1CC. The van der Waals surface area contributed by atoms with Gasteiger partial charge in [0.05, 0.1) is 5.69 Å². The zero-order valence-corrected chi connectivity index (χ0v) is 11.0. The molecule has 0 aliphatic heterocycles. The van der Waals surface area contributed by atoms with Gasteiger partial charge in [0.15, 0.2) is 0 Å². The predicted molar refractivity (Wildman–Crippen MR) is 62.6 cm³/mol. The van der Waals surface area contributed by atoms with Gasteiger partial charge < -0.3 is 5.32 Å². The van der Waals surface area contributed by atoms with Crippen LogP contribution >= 0.6 is 11.3 Å². The van der Waals surface area contributed by atoms with Crippen LogP contribution in [0.4, 0.5) is 0 Å². The van der Waals surface area contributed by atoms with Crippen molar-refractivity contribution >= 4 is 27.1 Å². The van der Waals surface area contributed by atoms with Crippen LogP contribution in [0.5, 0.6) is 0 Å². The second-order valence-corrected chi connectivity index (χ2v) is 6.43. The molecule has 1 rings (SSSR count). The number of rotatable bonds is 4. The third kappa shape index (κ3) is 2.79. The molecule has 0 bridgehead atoms. The lowest BCUT2D eigenvalue weighted by atomic mass is 10.3. The van der Waals surface area contributed by atoms with Gasteiger partial charge in [-0.2, -0.15) is 0 Å². The highest BCUT2D eigenvalue weighted by molar-refractivity contribution is 7.92. The lowest BCUT2D eigenvalue weighted by Gasteiger charge is -1.99. The number of carbonyl (C=O) groups is 1. The fraction of sp³-hybridized carbons (Fsp3) is 0.556. The lowest BCUT2D eigenvalue weighted by molar-refractivity contribution is 0.0959. The van der Waals surface area contributed by atoms with Gasteiger partial charge in [0.1, 0.15) is 4.88 Å². The summed E-state index contributed by atoms with van der Waals surface area (Å²) >= 11 is 0.928. The van der Waals surface area contributed by atoms with Crippen LogP contribution in [0.1, 0.15) is 29.2 Å². The molecule has 16 heavy (non-hydrogen) atoms. The first-order valence-corrected chi connectivity index (χ1v) is 7.58. The third-order valence-corrected chi connectivity index (χ3v) is 4.65. The molecule has 1 aromatic heterocycles. The number of sulfone groups is 1. The maximum absolute atomic E-state index is 11.6. The highest BCUT2D eigenvalue weighted by atomic mass is 32.2. The first kappa shape index (κ1) is 13.1. The van der Waals surface area contributed by atoms with Crippen LogP contribution in [-0.4, -0.2) is 32.1 Å². The summed E-state index contributed by atoms with van der Waals surface area (Å²) in [7, 11) is -3.34. The van der Waals surface area contributed by atoms with Crippen LogP contribution < -0.4 is 5.32 Å². The summed E-state index contributed by atoms with van der Waals surface area (Å²) in [5.74, 6) is -0.258. The number of amides is 1. The molecule has 1 amide bonds. The van der Waals surface area contributed by atoms with Crippen molar-refractivity contribution in [2.75, 3.05) is 12.8 Å². The molecule has 0 saturated carbocycles. The van der Waals surface area contributed by atoms with Crippen molar-refractivity contribution in [2.24, 2.45) is 0 Å². The van der Waals surface area contributed by atoms with Gasteiger partial charge in [-0.1, -0.05) is 18.3 Å². The first-order valence-electron chi connectivity index (χ1n) is 4.88. The number of thiazole rings is 1. The summed E-state index contributed by atoms with van der Waals surface area (Å²) in [4.78, 5) is 16.0. The van der Waals surface area contributed by atoms with Crippen LogP contribution in [0.3, 0.4) is 0 Å². The zero-order valence-electron chi connectivity index (χ0n) is 9.40. The van der Waals surface area contributed by atoms with Crippen LogP contribution in [0.2, 0.25) is 0 Å². The van der Waals surface area contributed by atoms with E-state index in [1.54, 1.807) is 0 Å². The summed E-state index contributed by atoms with van der Waals surface area (Å²) in [5.41, 5.74) is 0.538. The van der Waals surface area contributed by atoms with Gasteiger partial charge in [0, 0.05) is 12.8 Å². The van der Waals surface area contributed by atoms with E-state index in [4.69, 9.17) is 0 Å². The van der Waals surface area contributed by atoms with Gasteiger partial charge in [0.2, 0.25) is 14.2 Å². The molecule has 0 saturated heterocycles. The number of aromatic nitrogens is 1. The fourth-order valence-electron chi connectivity index (χ4n) is 1.15. The number of carbonyl (C=O) groups excluding carboxylic acids is 1. The maximum atomic E-state index is 11.6. The quantitative estimate of drug-likeness (QED) is 0.873. The number of hydrogen-bond acceptors (Lipinski definition) is 5. The number of nitrogens with one attached hydrogen (secondary N) is 1. The van der Waals surface area contributed by atoms with E-state index < -0.39 is 9.84 Å². The van der Waals surface area contributed by atoms with Crippen molar-refractivity contribution in [3.8, 4) is 0 Å². The molecule has 0 aliphatic carbocycles. The Morgan fingerprint density at radius 3 is 2.50 bits per heavy atom. The second-order valence-electron chi connectivity index (χ2n) is 3.24. The number of hydrogen-bond donors (Lipinski definition) is 1. The minimum absolute atomic E-state index is 0.00519. The second kappa shape index (κ2) is 4.92. The van der Waals surface area contributed by atoms with Gasteiger partial charge in [-0.3, -0.25) is 4.79 Å². The van der Waals surface area contributed by atoms with E-state index in [0.717, 1.165) is 17.6 Å². The number of aryl methyl sites for hydroxylation is 1. The molecule has 1 aromatic rings. The van der Waals surface area contributed by atoms with E-state index >= 15 is 0 Å². The lowest BCUT2D eigenvalue weighted by Crippen LogP contribution is -2.22. The molecule has 1 heterocycles. The van der Waals surface area contributed by atoms with Crippen LogP contribution in [0.15, 0.2) is 4.34 Å². The normalized spacial score (nSPS) is 11.4. The number of nitrogens with zero attached hydrogens (tertiary/aromatic N) is 1. The van der Waals surface area contributed by atoms with Crippen molar-refractivity contribution in [3.63, 3.8) is 0 Å². The summed E-state index contributed by atoms with van der Waals surface area (Å²) in [6.07, 6.45) is 1.63. The average molecular weight is 262 g/mol. The minimum Gasteiger partial charge on any atom is -0.352 e. The Morgan fingerprint density at radius 2 is 2.06 bits per heavy atom. The molecule has 0 aromatic carbocycles. The molecule has 5 nitrogen and oxygen atoms in total. The molecule has 7 heteroatoms. The predicted octanol–water partition coefficient (Wildman–Crippen LogP) is 0.859. The molecular formula is C9H14N2O3S2. The minimum atomic E-state index is -3.34. The zero-order chi connectivity index (χ0) is 12.3. The molecule has 0 fully saturated rings. The van der Waals surface area contributed by atoms with E-state index in [1.165, 1.54) is 0 Å². The molecular weight excluding hydrogens is 248 g/mol. The van der Waals surface area contributed by atoms with E-state index in [0.29, 0.717) is 23.5 Å². The smallest absolute Gasteiger partial charge is 0.263 e. The van der Waals surface area contributed by atoms with Crippen LogP contribution in [-0.2, 0) is 16.3 Å². The van der Waals surface area contributed by atoms with E-state index in [1.807, 2.05) is 13.8 Å². The molecule has 0 spiro atoms. The Labute approximate surface area is 98.8 Å². The highest BCUT2D eigenvalue weighted by Crippen LogP contribution is 2.22. The molecule has 0 atom stereocenters. The molecule has 0 unspecified atom stereocenters. The van der Waals surface area contributed by atoms with E-state index in [2.05, 4.69) is 10.3 Å². The van der Waals surface area contributed by atoms with Crippen LogP contribution in [0.25, 0.3) is 0 Å². The van der Waals surface area contributed by atoms with E-state index in [-0.39, 0.29) is 10.2 Å². The highest BCUT2D eigenvalue weighted by Gasteiger charge is 2.21. The Bertz CT molecular complexity index is 491. The van der Waals surface area contributed by atoms with Crippen molar-refractivity contribution < 1.29 is 13.2 Å². The third-order valence-electron chi connectivity index (χ3n) is 1.87. The summed E-state index contributed by atoms with van der Waals surface area (Å²) in [5, 5.41) is 2.64. The summed E-state index contributed by atoms with van der Waals surface area (Å²) < 4.78 is 22.6. The van der Waals surface area contributed by atoms with E-state index in [9.17, 15) is 13.2 Å². The van der Waals surface area contributed by atoms with Gasteiger partial charge in [-0.15, -0.1) is 0 Å². The topological polar surface area (TPSA) is 76.1 Å². The average Bonchev–Trinajstić information content (AvgIpc) is 2.61. The standard InChI is InChI=1S/C9H14N2O3S2/c1-4-6-7(8(12)10-5-2)15-9(11-6)16(3,13)14/h4-5H2,1-3H3,(H,10,12). The summed E-state index contributed by atoms with van der Waals surface area (Å²) in [6, 6.07) is 0. The van der Waals surface area contributed by atoms with Gasteiger partial charge >= 0.3 is 0 Å². The molecule has 0 aliphatic rings. The first-order chi connectivity index (χ1) is 7.40. The molecule has 90 valence electrons. The summed E-state index contributed by atoms with van der Waals surface area (Å²) in [6.45, 7) is 4.15. The van der Waals surface area contributed by atoms with Crippen molar-refractivity contribution in [2.45, 2.75) is 24.6 Å². The van der Waals surface area contributed by atoms with Crippen molar-refractivity contribution in [1.29, 1.82) is 0 Å².